The molecule has 0 amide bonds. The molecule has 5 heteroatoms. The first kappa shape index (κ1) is 14.3. The van der Waals surface area contributed by atoms with Crippen molar-refractivity contribution in [2.24, 2.45) is 0 Å². The Bertz CT molecular complexity index is 1000. The third-order valence-corrected chi connectivity index (χ3v) is 3.55. The zero-order chi connectivity index (χ0) is 16.4. The van der Waals surface area contributed by atoms with Crippen molar-refractivity contribution in [1.82, 2.24) is 19.9 Å². The van der Waals surface area contributed by atoms with Crippen LogP contribution in [-0.4, -0.2) is 19.9 Å². The van der Waals surface area contributed by atoms with Crippen LogP contribution in [-0.2, 0) is 0 Å². The van der Waals surface area contributed by atoms with Gasteiger partial charge in [0.25, 0.3) is 0 Å². The molecule has 116 valence electrons. The Kier molecular flexibility index (Phi) is 3.59. The molecule has 1 aromatic carbocycles. The fourth-order valence-corrected chi connectivity index (χ4v) is 2.45. The first-order valence-corrected chi connectivity index (χ1v) is 7.57. The van der Waals surface area contributed by atoms with Crippen LogP contribution in [0.1, 0.15) is 5.69 Å². The van der Waals surface area contributed by atoms with Crippen molar-refractivity contribution in [3.63, 3.8) is 0 Å². The molecule has 0 aliphatic rings. The standard InChI is InChI=1S/C19H14N4O/c1-13-10-18(23-19(22-13)15-5-2-8-20-12-15)24-16-6-7-17-14(11-16)4-3-9-21-17/h2-12H,1H3. The molecular weight excluding hydrogens is 300 g/mol. The number of aromatic nitrogens is 4. The van der Waals surface area contributed by atoms with Gasteiger partial charge in [0.15, 0.2) is 5.82 Å². The van der Waals surface area contributed by atoms with Crippen molar-refractivity contribution >= 4 is 10.9 Å². The summed E-state index contributed by atoms with van der Waals surface area (Å²) in [6, 6.07) is 15.3. The molecule has 0 bridgehead atoms. The Labute approximate surface area is 139 Å². The molecule has 24 heavy (non-hydrogen) atoms. The van der Waals surface area contributed by atoms with Gasteiger partial charge in [-0.05, 0) is 43.3 Å². The van der Waals surface area contributed by atoms with E-state index in [-0.39, 0.29) is 0 Å². The molecule has 0 aliphatic carbocycles. The minimum Gasteiger partial charge on any atom is -0.439 e. The summed E-state index contributed by atoms with van der Waals surface area (Å²) in [5.74, 6) is 1.82. The molecule has 4 rings (SSSR count). The van der Waals surface area contributed by atoms with E-state index in [9.17, 15) is 0 Å². The lowest BCUT2D eigenvalue weighted by Crippen LogP contribution is -1.96. The fraction of sp³-hybridized carbons (Fsp3) is 0.0526. The smallest absolute Gasteiger partial charge is 0.223 e. The topological polar surface area (TPSA) is 60.8 Å². The second-order valence-corrected chi connectivity index (χ2v) is 5.37. The summed E-state index contributed by atoms with van der Waals surface area (Å²) in [4.78, 5) is 17.4. The Morgan fingerprint density at radius 3 is 2.71 bits per heavy atom. The number of hydrogen-bond donors (Lipinski definition) is 0. The highest BCUT2D eigenvalue weighted by atomic mass is 16.5. The molecule has 0 saturated heterocycles. The van der Waals surface area contributed by atoms with Gasteiger partial charge in [0.2, 0.25) is 5.88 Å². The van der Waals surface area contributed by atoms with Crippen LogP contribution in [0.4, 0.5) is 0 Å². The summed E-state index contributed by atoms with van der Waals surface area (Å²) in [6.07, 6.45) is 5.23. The van der Waals surface area contributed by atoms with Crippen LogP contribution in [0.3, 0.4) is 0 Å². The van der Waals surface area contributed by atoms with Gasteiger partial charge < -0.3 is 4.74 Å². The Morgan fingerprint density at radius 1 is 0.917 bits per heavy atom. The van der Waals surface area contributed by atoms with Crippen LogP contribution in [0.2, 0.25) is 0 Å². The van der Waals surface area contributed by atoms with Crippen molar-refractivity contribution in [3.05, 3.63) is 72.8 Å². The van der Waals surface area contributed by atoms with Gasteiger partial charge in [0.05, 0.1) is 5.52 Å². The van der Waals surface area contributed by atoms with Gasteiger partial charge in [-0.25, -0.2) is 4.98 Å². The van der Waals surface area contributed by atoms with Crippen LogP contribution in [0.5, 0.6) is 11.6 Å². The van der Waals surface area contributed by atoms with E-state index in [4.69, 9.17) is 4.74 Å². The van der Waals surface area contributed by atoms with Gasteiger partial charge >= 0.3 is 0 Å². The van der Waals surface area contributed by atoms with Crippen molar-refractivity contribution in [2.45, 2.75) is 6.92 Å². The quantitative estimate of drug-likeness (QED) is 0.567. The molecule has 3 aromatic heterocycles. The summed E-state index contributed by atoms with van der Waals surface area (Å²) < 4.78 is 5.93. The predicted molar refractivity (Wildman–Crippen MR) is 91.8 cm³/mol. The molecule has 0 unspecified atom stereocenters. The minimum absolute atomic E-state index is 0.504. The van der Waals surface area contributed by atoms with E-state index in [2.05, 4.69) is 19.9 Å². The molecule has 0 saturated carbocycles. The molecule has 4 aromatic rings. The second-order valence-electron chi connectivity index (χ2n) is 5.37. The van der Waals surface area contributed by atoms with E-state index >= 15 is 0 Å². The van der Waals surface area contributed by atoms with Crippen LogP contribution >= 0.6 is 0 Å². The monoisotopic (exact) mass is 314 g/mol. The number of pyridine rings is 2. The summed E-state index contributed by atoms with van der Waals surface area (Å²) in [7, 11) is 0. The van der Waals surface area contributed by atoms with Crippen molar-refractivity contribution < 1.29 is 4.74 Å². The molecule has 0 aliphatic heterocycles. The Balaban J connectivity index is 1.69. The van der Waals surface area contributed by atoms with Gasteiger partial charge in [0, 0.05) is 41.3 Å². The van der Waals surface area contributed by atoms with E-state index in [1.807, 2.05) is 55.5 Å². The van der Waals surface area contributed by atoms with Gasteiger partial charge in [0.1, 0.15) is 5.75 Å². The molecule has 0 spiro atoms. The number of hydrogen-bond acceptors (Lipinski definition) is 5. The SMILES string of the molecule is Cc1cc(Oc2ccc3ncccc3c2)nc(-c2cccnc2)n1. The van der Waals surface area contributed by atoms with E-state index in [1.54, 1.807) is 18.6 Å². The molecule has 0 N–H and O–H groups in total. The van der Waals surface area contributed by atoms with Gasteiger partial charge in [-0.2, -0.15) is 4.98 Å². The Morgan fingerprint density at radius 2 is 1.83 bits per heavy atom. The maximum Gasteiger partial charge on any atom is 0.223 e. The van der Waals surface area contributed by atoms with Gasteiger partial charge in [-0.1, -0.05) is 6.07 Å². The van der Waals surface area contributed by atoms with Crippen LogP contribution < -0.4 is 4.74 Å². The maximum absolute atomic E-state index is 5.93. The van der Waals surface area contributed by atoms with E-state index in [1.165, 1.54) is 0 Å². The first-order chi connectivity index (χ1) is 11.8. The number of rotatable bonds is 3. The first-order valence-electron chi connectivity index (χ1n) is 7.57. The van der Waals surface area contributed by atoms with Crippen molar-refractivity contribution in [3.8, 4) is 23.0 Å². The molecule has 0 fully saturated rings. The van der Waals surface area contributed by atoms with Crippen molar-refractivity contribution in [2.75, 3.05) is 0 Å². The third-order valence-electron chi connectivity index (χ3n) is 3.55. The van der Waals surface area contributed by atoms with E-state index < -0.39 is 0 Å². The number of nitrogens with zero attached hydrogens (tertiary/aromatic N) is 4. The lowest BCUT2D eigenvalue weighted by atomic mass is 10.2. The van der Waals surface area contributed by atoms with Gasteiger partial charge in [-0.3, -0.25) is 9.97 Å². The molecule has 0 atom stereocenters. The molecular formula is C19H14N4O. The van der Waals surface area contributed by atoms with E-state index in [0.29, 0.717) is 17.5 Å². The average molecular weight is 314 g/mol. The van der Waals surface area contributed by atoms with Crippen LogP contribution in [0.25, 0.3) is 22.3 Å². The number of fused-ring (bicyclic) bond motifs is 1. The van der Waals surface area contributed by atoms with Gasteiger partial charge in [-0.15, -0.1) is 0 Å². The summed E-state index contributed by atoms with van der Waals surface area (Å²) in [5, 5.41) is 1.02. The minimum atomic E-state index is 0.504. The largest absolute Gasteiger partial charge is 0.439 e. The molecule has 0 radical (unpaired) electrons. The summed E-state index contributed by atoms with van der Waals surface area (Å²) >= 11 is 0. The maximum atomic E-state index is 5.93. The van der Waals surface area contributed by atoms with Crippen LogP contribution in [0, 0.1) is 6.92 Å². The third kappa shape index (κ3) is 2.92. The highest BCUT2D eigenvalue weighted by molar-refractivity contribution is 5.79. The average Bonchev–Trinajstić information content (AvgIpc) is 2.62. The van der Waals surface area contributed by atoms with Crippen LogP contribution in [0.15, 0.2) is 67.1 Å². The predicted octanol–water partition coefficient (Wildman–Crippen LogP) is 4.19. The van der Waals surface area contributed by atoms with Crippen molar-refractivity contribution in [1.29, 1.82) is 0 Å². The highest BCUT2D eigenvalue weighted by Crippen LogP contribution is 2.25. The lowest BCUT2D eigenvalue weighted by molar-refractivity contribution is 0.462. The zero-order valence-electron chi connectivity index (χ0n) is 13.0. The zero-order valence-corrected chi connectivity index (χ0v) is 13.0. The second kappa shape index (κ2) is 6.04. The highest BCUT2D eigenvalue weighted by Gasteiger charge is 2.07. The fourth-order valence-electron chi connectivity index (χ4n) is 2.45. The number of aryl methyl sites for hydroxylation is 1. The number of ether oxygens (including phenoxy) is 1. The summed E-state index contributed by atoms with van der Waals surface area (Å²) in [6.45, 7) is 1.92. The number of benzene rings is 1. The van der Waals surface area contributed by atoms with E-state index in [0.717, 1.165) is 22.2 Å². The normalized spacial score (nSPS) is 10.7. The molecule has 5 nitrogen and oxygen atoms in total. The molecule has 3 heterocycles. The Hall–Kier alpha value is -3.34. The summed E-state index contributed by atoms with van der Waals surface area (Å²) in [5.41, 5.74) is 2.62. The lowest BCUT2D eigenvalue weighted by Gasteiger charge is -2.08.